The van der Waals surface area contributed by atoms with Gasteiger partial charge in [-0.1, -0.05) is 11.8 Å². The molecule has 1 amide bonds. The van der Waals surface area contributed by atoms with Crippen molar-refractivity contribution in [3.8, 4) is 11.8 Å². The molecule has 33 heavy (non-hydrogen) atoms. The topological polar surface area (TPSA) is 99.9 Å². The molecule has 0 spiro atoms. The summed E-state index contributed by atoms with van der Waals surface area (Å²) in [6, 6.07) is 21.1. The fraction of sp³-hybridized carbons (Fsp3) is 0.120. The Morgan fingerprint density at radius 1 is 1.09 bits per heavy atom. The van der Waals surface area contributed by atoms with Gasteiger partial charge in [-0.3, -0.25) is 4.79 Å². The molecule has 0 aliphatic heterocycles. The number of nitriles is 1. The van der Waals surface area contributed by atoms with Gasteiger partial charge in [0, 0.05) is 45.7 Å². The number of benzene rings is 2. The van der Waals surface area contributed by atoms with Crippen LogP contribution in [-0.2, 0) is 4.79 Å². The van der Waals surface area contributed by atoms with Crippen LogP contribution in [-0.4, -0.2) is 22.5 Å². The van der Waals surface area contributed by atoms with Gasteiger partial charge in [-0.2, -0.15) is 5.26 Å². The number of carbonyl (C=O) groups excluding carboxylic acids is 1. The summed E-state index contributed by atoms with van der Waals surface area (Å²) in [6.07, 6.45) is 1.72. The van der Waals surface area contributed by atoms with Gasteiger partial charge in [0.25, 0.3) is 0 Å². The van der Waals surface area contributed by atoms with Crippen LogP contribution in [0.5, 0.6) is 5.75 Å². The van der Waals surface area contributed by atoms with Gasteiger partial charge in [-0.05, 0) is 61.5 Å². The van der Waals surface area contributed by atoms with Crippen molar-refractivity contribution in [2.24, 2.45) is 0 Å². The number of hydrogen-bond donors (Lipinski definition) is 2. The lowest BCUT2D eigenvalue weighted by Gasteiger charge is -2.15. The van der Waals surface area contributed by atoms with Gasteiger partial charge in [0.1, 0.15) is 11.8 Å². The van der Waals surface area contributed by atoms with E-state index in [1.807, 2.05) is 73.7 Å². The van der Waals surface area contributed by atoms with Crippen molar-refractivity contribution in [3.05, 3.63) is 72.6 Å². The molecule has 0 aliphatic rings. The Hall–Kier alpha value is -4.09. The maximum Gasteiger partial charge on any atom is 0.221 e. The van der Waals surface area contributed by atoms with E-state index in [1.165, 1.54) is 6.92 Å². The molecule has 0 bridgehead atoms. The number of aryl methyl sites for hydroxylation is 1. The summed E-state index contributed by atoms with van der Waals surface area (Å²) in [5, 5.41) is 16.0. The zero-order valence-electron chi connectivity index (χ0n) is 18.1. The summed E-state index contributed by atoms with van der Waals surface area (Å²) in [5.74, 6) is 0.487. The first-order chi connectivity index (χ1) is 16.0. The van der Waals surface area contributed by atoms with Crippen LogP contribution in [0.2, 0.25) is 0 Å². The fourth-order valence-corrected chi connectivity index (χ4v) is 4.10. The van der Waals surface area contributed by atoms with Crippen molar-refractivity contribution in [2.75, 3.05) is 17.2 Å². The normalized spacial score (nSPS) is 10.5. The Morgan fingerprint density at radius 3 is 2.67 bits per heavy atom. The Bertz CT molecular complexity index is 1350. The SMILES string of the molecule is CC(=O)Nc1ccc(Sc2ccc(OCC#N)cc2Nc2ccnc3nc(C)ccc23)cc1. The van der Waals surface area contributed by atoms with Gasteiger partial charge in [0.2, 0.25) is 5.91 Å². The molecule has 7 nitrogen and oxygen atoms in total. The molecule has 2 aromatic heterocycles. The van der Waals surface area contributed by atoms with E-state index in [0.717, 1.165) is 37.9 Å². The summed E-state index contributed by atoms with van der Waals surface area (Å²) in [4.78, 5) is 22.1. The van der Waals surface area contributed by atoms with E-state index < -0.39 is 0 Å². The number of nitrogens with one attached hydrogen (secondary N) is 2. The van der Waals surface area contributed by atoms with E-state index in [2.05, 4.69) is 20.6 Å². The Labute approximate surface area is 195 Å². The van der Waals surface area contributed by atoms with Gasteiger partial charge in [-0.15, -0.1) is 0 Å². The number of aromatic nitrogens is 2. The monoisotopic (exact) mass is 455 g/mol. The molecule has 8 heteroatoms. The number of fused-ring (bicyclic) bond motifs is 1. The number of nitrogens with zero attached hydrogens (tertiary/aromatic N) is 3. The highest BCUT2D eigenvalue weighted by atomic mass is 32.2. The molecule has 4 rings (SSSR count). The molecule has 2 heterocycles. The van der Waals surface area contributed by atoms with Crippen LogP contribution in [0, 0.1) is 18.3 Å². The van der Waals surface area contributed by atoms with E-state index in [0.29, 0.717) is 11.4 Å². The first-order valence-corrected chi connectivity index (χ1v) is 11.0. The zero-order chi connectivity index (χ0) is 23.2. The third-order valence-corrected chi connectivity index (χ3v) is 5.75. The first kappa shape index (κ1) is 22.1. The zero-order valence-corrected chi connectivity index (χ0v) is 18.9. The van der Waals surface area contributed by atoms with Gasteiger partial charge in [-0.25, -0.2) is 9.97 Å². The highest BCUT2D eigenvalue weighted by molar-refractivity contribution is 7.99. The summed E-state index contributed by atoms with van der Waals surface area (Å²) in [6.45, 7) is 3.39. The average molecular weight is 456 g/mol. The molecule has 0 fully saturated rings. The van der Waals surface area contributed by atoms with Crippen LogP contribution in [0.25, 0.3) is 11.0 Å². The molecule has 0 radical (unpaired) electrons. The number of hydrogen-bond acceptors (Lipinski definition) is 7. The highest BCUT2D eigenvalue weighted by Crippen LogP contribution is 2.38. The van der Waals surface area contributed by atoms with E-state index in [4.69, 9.17) is 10.00 Å². The van der Waals surface area contributed by atoms with Crippen LogP contribution >= 0.6 is 11.8 Å². The minimum Gasteiger partial charge on any atom is -0.479 e. The number of amides is 1. The molecular formula is C25H21N5O2S. The lowest BCUT2D eigenvalue weighted by atomic mass is 10.2. The smallest absolute Gasteiger partial charge is 0.221 e. The van der Waals surface area contributed by atoms with Crippen LogP contribution < -0.4 is 15.4 Å². The van der Waals surface area contributed by atoms with Crippen LogP contribution in [0.3, 0.4) is 0 Å². The Kier molecular flexibility index (Phi) is 6.72. The quantitative estimate of drug-likeness (QED) is 0.369. The number of carbonyl (C=O) groups is 1. The van der Waals surface area contributed by atoms with Crippen LogP contribution in [0.15, 0.2) is 76.7 Å². The van der Waals surface area contributed by atoms with Crippen LogP contribution in [0.1, 0.15) is 12.6 Å². The predicted octanol–water partition coefficient (Wildman–Crippen LogP) is 5.69. The molecule has 4 aromatic rings. The predicted molar refractivity (Wildman–Crippen MR) is 130 cm³/mol. The summed E-state index contributed by atoms with van der Waals surface area (Å²) >= 11 is 1.57. The standard InChI is InChI=1S/C25H21N5O2S/c1-16-3-9-21-22(11-13-27-25(21)28-16)30-23-15-19(32-14-12-26)6-10-24(23)33-20-7-4-18(5-8-20)29-17(2)31/h3-11,13,15H,14H2,1-2H3,(H,29,31)(H,27,28,30). The number of ether oxygens (including phenoxy) is 1. The maximum absolute atomic E-state index is 11.3. The second-order valence-electron chi connectivity index (χ2n) is 7.22. The van der Waals surface area contributed by atoms with Crippen molar-refractivity contribution in [2.45, 2.75) is 23.6 Å². The number of rotatable bonds is 7. The lowest BCUT2D eigenvalue weighted by Crippen LogP contribution is -2.05. The van der Waals surface area contributed by atoms with Gasteiger partial charge >= 0.3 is 0 Å². The molecular weight excluding hydrogens is 434 g/mol. The van der Waals surface area contributed by atoms with E-state index in [9.17, 15) is 4.79 Å². The van der Waals surface area contributed by atoms with Crippen molar-refractivity contribution in [1.29, 1.82) is 5.26 Å². The molecule has 2 N–H and O–H groups in total. The van der Waals surface area contributed by atoms with Crippen molar-refractivity contribution in [1.82, 2.24) is 9.97 Å². The second kappa shape index (κ2) is 10.0. The van der Waals surface area contributed by atoms with Gasteiger partial charge in [0.15, 0.2) is 12.3 Å². The van der Waals surface area contributed by atoms with Crippen LogP contribution in [0.4, 0.5) is 17.1 Å². The molecule has 164 valence electrons. The number of pyridine rings is 2. The Balaban J connectivity index is 1.67. The largest absolute Gasteiger partial charge is 0.479 e. The van der Waals surface area contributed by atoms with Gasteiger partial charge < -0.3 is 15.4 Å². The number of anilines is 3. The van der Waals surface area contributed by atoms with Crippen molar-refractivity contribution >= 4 is 45.8 Å². The molecule has 0 saturated carbocycles. The van der Waals surface area contributed by atoms with E-state index in [1.54, 1.807) is 18.0 Å². The third-order valence-electron chi connectivity index (χ3n) is 4.67. The van der Waals surface area contributed by atoms with Crippen molar-refractivity contribution in [3.63, 3.8) is 0 Å². The summed E-state index contributed by atoms with van der Waals surface area (Å²) in [5.41, 5.74) is 4.01. The second-order valence-corrected chi connectivity index (χ2v) is 8.34. The summed E-state index contributed by atoms with van der Waals surface area (Å²) < 4.78 is 5.52. The minimum atomic E-state index is -0.107. The molecule has 2 aromatic carbocycles. The Morgan fingerprint density at radius 2 is 1.91 bits per heavy atom. The maximum atomic E-state index is 11.3. The molecule has 0 saturated heterocycles. The fourth-order valence-electron chi connectivity index (χ4n) is 3.22. The highest BCUT2D eigenvalue weighted by Gasteiger charge is 2.11. The molecule has 0 unspecified atom stereocenters. The minimum absolute atomic E-state index is 0.0298. The lowest BCUT2D eigenvalue weighted by molar-refractivity contribution is -0.114. The van der Waals surface area contributed by atoms with E-state index >= 15 is 0 Å². The first-order valence-electron chi connectivity index (χ1n) is 10.2. The summed E-state index contributed by atoms with van der Waals surface area (Å²) in [7, 11) is 0. The van der Waals surface area contributed by atoms with E-state index in [-0.39, 0.29) is 12.5 Å². The average Bonchev–Trinajstić information content (AvgIpc) is 2.80. The third kappa shape index (κ3) is 5.59. The van der Waals surface area contributed by atoms with Gasteiger partial charge in [0.05, 0.1) is 11.4 Å². The van der Waals surface area contributed by atoms with Crippen molar-refractivity contribution < 1.29 is 9.53 Å². The molecule has 0 aliphatic carbocycles. The molecule has 0 atom stereocenters.